The Kier molecular flexibility index (Phi) is 6.19. The van der Waals surface area contributed by atoms with Crippen LogP contribution in [0.4, 0.5) is 18.9 Å². The number of benzene rings is 2. The van der Waals surface area contributed by atoms with E-state index < -0.39 is 28.9 Å². The van der Waals surface area contributed by atoms with Crippen molar-refractivity contribution in [1.82, 2.24) is 9.55 Å². The molecule has 32 heavy (non-hydrogen) atoms. The van der Waals surface area contributed by atoms with Crippen LogP contribution in [0.5, 0.6) is 5.75 Å². The van der Waals surface area contributed by atoms with E-state index in [-0.39, 0.29) is 28.0 Å². The predicted molar refractivity (Wildman–Crippen MR) is 117 cm³/mol. The number of ether oxygens (including phenoxy) is 1. The molecule has 0 spiro atoms. The smallest absolute Gasteiger partial charge is 0.276 e. The SMILES string of the molecule is COc1ccc(NC(=O)CSc2nc3ccsc3c(=O)n2-c2cc(F)cc(F)c2)cc1F. The third-order valence-electron chi connectivity index (χ3n) is 4.32. The molecule has 0 bridgehead atoms. The Morgan fingerprint density at radius 2 is 1.91 bits per heavy atom. The topological polar surface area (TPSA) is 73.2 Å². The number of halogens is 3. The average Bonchev–Trinajstić information content (AvgIpc) is 3.21. The molecule has 1 amide bonds. The fraction of sp³-hybridized carbons (Fsp3) is 0.0952. The van der Waals surface area contributed by atoms with E-state index in [1.165, 1.54) is 19.2 Å². The predicted octanol–water partition coefficient (Wildman–Crippen LogP) is 4.60. The van der Waals surface area contributed by atoms with Crippen LogP contribution in [0.3, 0.4) is 0 Å². The van der Waals surface area contributed by atoms with Gasteiger partial charge < -0.3 is 10.1 Å². The van der Waals surface area contributed by atoms with Gasteiger partial charge in [-0.2, -0.15) is 0 Å². The van der Waals surface area contributed by atoms with Gasteiger partial charge in [0.25, 0.3) is 5.56 Å². The van der Waals surface area contributed by atoms with Gasteiger partial charge in [-0.1, -0.05) is 11.8 Å². The summed E-state index contributed by atoms with van der Waals surface area (Å²) >= 11 is 2.06. The lowest BCUT2D eigenvalue weighted by Gasteiger charge is -2.12. The second-order valence-corrected chi connectivity index (χ2v) is 8.34. The normalized spacial score (nSPS) is 11.0. The van der Waals surface area contributed by atoms with Crippen LogP contribution in [0.25, 0.3) is 15.9 Å². The standard InChI is InChI=1S/C21H14F3N3O3S2/c1-30-17-3-2-13(9-15(17)24)25-18(28)10-32-21-26-16-4-5-31-19(16)20(29)27(21)14-7-11(22)6-12(23)8-14/h2-9H,10H2,1H3,(H,25,28). The first-order valence-corrected chi connectivity index (χ1v) is 10.9. The molecule has 2 aromatic heterocycles. The molecule has 6 nitrogen and oxygen atoms in total. The van der Waals surface area contributed by atoms with Crippen LogP contribution in [0.1, 0.15) is 0 Å². The Morgan fingerprint density at radius 3 is 2.59 bits per heavy atom. The van der Waals surface area contributed by atoms with Gasteiger partial charge in [0.2, 0.25) is 5.91 Å². The number of fused-ring (bicyclic) bond motifs is 1. The zero-order valence-electron chi connectivity index (χ0n) is 16.4. The Balaban J connectivity index is 1.63. The summed E-state index contributed by atoms with van der Waals surface area (Å²) in [5.41, 5.74) is 0.0820. The summed E-state index contributed by atoms with van der Waals surface area (Å²) in [5.74, 6) is -2.98. The van der Waals surface area contributed by atoms with E-state index in [1.54, 1.807) is 11.4 Å². The van der Waals surface area contributed by atoms with Crippen molar-refractivity contribution >= 4 is 44.9 Å². The van der Waals surface area contributed by atoms with Crippen molar-refractivity contribution in [3.8, 4) is 11.4 Å². The van der Waals surface area contributed by atoms with Crippen LogP contribution in [-0.4, -0.2) is 28.3 Å². The lowest BCUT2D eigenvalue weighted by Crippen LogP contribution is -2.22. The first kappa shape index (κ1) is 21.9. The molecule has 0 saturated carbocycles. The molecule has 0 unspecified atom stereocenters. The average molecular weight is 477 g/mol. The summed E-state index contributed by atoms with van der Waals surface area (Å²) in [7, 11) is 1.33. The van der Waals surface area contributed by atoms with E-state index in [1.807, 2.05) is 0 Å². The van der Waals surface area contributed by atoms with Crippen LogP contribution in [0, 0.1) is 17.5 Å². The molecular weight excluding hydrogens is 463 g/mol. The molecule has 0 aliphatic carbocycles. The highest BCUT2D eigenvalue weighted by Crippen LogP contribution is 2.25. The van der Waals surface area contributed by atoms with E-state index in [2.05, 4.69) is 10.3 Å². The fourth-order valence-corrected chi connectivity index (χ4v) is 4.53. The van der Waals surface area contributed by atoms with Crippen LogP contribution in [0.15, 0.2) is 57.8 Å². The number of rotatable bonds is 6. The lowest BCUT2D eigenvalue weighted by atomic mass is 10.3. The van der Waals surface area contributed by atoms with E-state index in [4.69, 9.17) is 4.74 Å². The van der Waals surface area contributed by atoms with Gasteiger partial charge in [0.1, 0.15) is 16.3 Å². The molecule has 0 fully saturated rings. The quantitative estimate of drug-likeness (QED) is 0.325. The monoisotopic (exact) mass is 477 g/mol. The number of carbonyl (C=O) groups excluding carboxylic acids is 1. The number of thioether (sulfide) groups is 1. The maximum absolute atomic E-state index is 13.8. The molecule has 0 aliphatic heterocycles. The van der Waals surface area contributed by atoms with E-state index in [0.717, 1.165) is 45.9 Å². The number of nitrogens with one attached hydrogen (secondary N) is 1. The van der Waals surface area contributed by atoms with Gasteiger partial charge in [-0.15, -0.1) is 11.3 Å². The lowest BCUT2D eigenvalue weighted by molar-refractivity contribution is -0.113. The molecule has 0 atom stereocenters. The summed E-state index contributed by atoms with van der Waals surface area (Å²) in [4.78, 5) is 29.8. The maximum atomic E-state index is 13.8. The second-order valence-electron chi connectivity index (χ2n) is 6.48. The number of hydrogen-bond acceptors (Lipinski definition) is 6. The number of nitrogens with zero attached hydrogens (tertiary/aromatic N) is 2. The van der Waals surface area contributed by atoms with Crippen molar-refractivity contribution in [2.75, 3.05) is 18.2 Å². The molecule has 11 heteroatoms. The van der Waals surface area contributed by atoms with Gasteiger partial charge in [-0.25, -0.2) is 18.2 Å². The molecule has 0 radical (unpaired) electrons. The Morgan fingerprint density at radius 1 is 1.16 bits per heavy atom. The summed E-state index contributed by atoms with van der Waals surface area (Å²) in [6.07, 6.45) is 0. The van der Waals surface area contributed by atoms with Crippen molar-refractivity contribution in [3.05, 3.63) is 75.7 Å². The Bertz CT molecular complexity index is 1370. The van der Waals surface area contributed by atoms with Gasteiger partial charge >= 0.3 is 0 Å². The molecule has 2 heterocycles. The van der Waals surface area contributed by atoms with Crippen LogP contribution in [-0.2, 0) is 4.79 Å². The second kappa shape index (κ2) is 9.05. The molecule has 2 aromatic carbocycles. The Labute approximate surface area is 187 Å². The molecule has 164 valence electrons. The van der Waals surface area contributed by atoms with E-state index in [0.29, 0.717) is 16.3 Å². The van der Waals surface area contributed by atoms with Gasteiger partial charge in [0, 0.05) is 17.8 Å². The molecule has 4 aromatic rings. The summed E-state index contributed by atoms with van der Waals surface area (Å²) in [6.45, 7) is 0. The highest BCUT2D eigenvalue weighted by atomic mass is 32.2. The largest absolute Gasteiger partial charge is 0.494 e. The van der Waals surface area contributed by atoms with Crippen LogP contribution < -0.4 is 15.6 Å². The minimum absolute atomic E-state index is 0.0389. The maximum Gasteiger partial charge on any atom is 0.276 e. The van der Waals surface area contributed by atoms with Crippen molar-refractivity contribution in [2.45, 2.75) is 5.16 Å². The van der Waals surface area contributed by atoms with Gasteiger partial charge in [0.15, 0.2) is 16.7 Å². The number of thiophene rings is 1. The minimum Gasteiger partial charge on any atom is -0.494 e. The fourth-order valence-electron chi connectivity index (χ4n) is 2.96. The molecule has 1 N–H and O–H groups in total. The summed E-state index contributed by atoms with van der Waals surface area (Å²) in [6, 6.07) is 8.32. The number of carbonyl (C=O) groups is 1. The van der Waals surface area contributed by atoms with Crippen LogP contribution >= 0.6 is 23.1 Å². The highest BCUT2D eigenvalue weighted by Gasteiger charge is 2.17. The molecule has 4 rings (SSSR count). The van der Waals surface area contributed by atoms with Crippen LogP contribution in [0.2, 0.25) is 0 Å². The molecular formula is C21H14F3N3O3S2. The Hall–Kier alpha value is -3.31. The summed E-state index contributed by atoms with van der Waals surface area (Å²) in [5, 5.41) is 4.30. The third kappa shape index (κ3) is 4.48. The number of hydrogen-bond donors (Lipinski definition) is 1. The van der Waals surface area contributed by atoms with Gasteiger partial charge in [0.05, 0.1) is 24.1 Å². The number of aromatic nitrogens is 2. The van der Waals surface area contributed by atoms with E-state index in [9.17, 15) is 22.8 Å². The van der Waals surface area contributed by atoms with Crippen molar-refractivity contribution < 1.29 is 22.7 Å². The highest BCUT2D eigenvalue weighted by molar-refractivity contribution is 7.99. The van der Waals surface area contributed by atoms with Gasteiger partial charge in [-0.3, -0.25) is 14.2 Å². The first-order valence-electron chi connectivity index (χ1n) is 9.08. The number of methoxy groups -OCH3 is 1. The van der Waals surface area contributed by atoms with Gasteiger partial charge in [-0.05, 0) is 35.7 Å². The molecule has 0 aliphatic rings. The van der Waals surface area contributed by atoms with Crippen molar-refractivity contribution in [1.29, 1.82) is 0 Å². The minimum atomic E-state index is -0.853. The van der Waals surface area contributed by atoms with Crippen molar-refractivity contribution in [2.24, 2.45) is 0 Å². The molecule has 0 saturated heterocycles. The van der Waals surface area contributed by atoms with E-state index >= 15 is 0 Å². The van der Waals surface area contributed by atoms with Crippen molar-refractivity contribution in [3.63, 3.8) is 0 Å². The number of amides is 1. The first-order chi connectivity index (χ1) is 15.4. The number of anilines is 1. The summed E-state index contributed by atoms with van der Waals surface area (Å²) < 4.78 is 47.6. The zero-order chi connectivity index (χ0) is 22.8. The zero-order valence-corrected chi connectivity index (χ0v) is 18.0. The third-order valence-corrected chi connectivity index (χ3v) is 6.15.